The first-order valence-corrected chi connectivity index (χ1v) is 10.7. The van der Waals surface area contributed by atoms with E-state index in [1.54, 1.807) is 17.0 Å². The lowest BCUT2D eigenvalue weighted by Gasteiger charge is -2.39. The second kappa shape index (κ2) is 7.26. The van der Waals surface area contributed by atoms with Gasteiger partial charge >= 0.3 is 0 Å². The van der Waals surface area contributed by atoms with Gasteiger partial charge in [0, 0.05) is 18.5 Å². The van der Waals surface area contributed by atoms with Crippen LogP contribution >= 0.6 is 0 Å². The van der Waals surface area contributed by atoms with Crippen molar-refractivity contribution in [3.05, 3.63) is 29.8 Å². The Balaban J connectivity index is 1.84. The predicted octanol–water partition coefficient (Wildman–Crippen LogP) is 2.35. The number of rotatable bonds is 5. The molecule has 1 aromatic rings. The molecule has 1 N–H and O–H groups in total. The Morgan fingerprint density at radius 1 is 1.23 bits per heavy atom. The zero-order valence-corrected chi connectivity index (χ0v) is 16.0. The van der Waals surface area contributed by atoms with Gasteiger partial charge in [-0.15, -0.1) is 0 Å². The van der Waals surface area contributed by atoms with Gasteiger partial charge in [-0.2, -0.15) is 0 Å². The highest BCUT2D eigenvalue weighted by atomic mass is 32.2. The molecular weight excluding hydrogens is 354 g/mol. The Kier molecular flexibility index (Phi) is 5.22. The second-order valence-electron chi connectivity index (χ2n) is 7.12. The minimum absolute atomic E-state index is 0.117. The molecule has 1 aliphatic heterocycles. The number of hydrogen-bond acceptors (Lipinski definition) is 5. The predicted molar refractivity (Wildman–Crippen MR) is 100 cm³/mol. The van der Waals surface area contributed by atoms with Crippen molar-refractivity contribution in [2.45, 2.75) is 38.6 Å². The number of para-hydroxylation sites is 1. The fourth-order valence-corrected chi connectivity index (χ4v) is 4.62. The van der Waals surface area contributed by atoms with Crippen LogP contribution in [0.25, 0.3) is 0 Å². The van der Waals surface area contributed by atoms with Crippen LogP contribution < -0.4 is 4.72 Å². The molecule has 1 heterocycles. The first kappa shape index (κ1) is 18.7. The fourth-order valence-electron chi connectivity index (χ4n) is 4.03. The van der Waals surface area contributed by atoms with Crippen molar-refractivity contribution in [1.29, 1.82) is 0 Å². The maximum atomic E-state index is 13.1. The second-order valence-corrected chi connectivity index (χ2v) is 8.87. The van der Waals surface area contributed by atoms with Gasteiger partial charge < -0.3 is 9.74 Å². The van der Waals surface area contributed by atoms with Crippen LogP contribution in [0.5, 0.6) is 0 Å². The quantitative estimate of drug-likeness (QED) is 0.796. The lowest BCUT2D eigenvalue weighted by molar-refractivity contribution is -0.127. The van der Waals surface area contributed by atoms with E-state index in [4.69, 9.17) is 4.84 Å². The Morgan fingerprint density at radius 3 is 2.58 bits per heavy atom. The summed E-state index contributed by atoms with van der Waals surface area (Å²) in [6.07, 6.45) is 6.14. The van der Waals surface area contributed by atoms with E-state index < -0.39 is 10.0 Å². The van der Waals surface area contributed by atoms with E-state index in [1.165, 1.54) is 7.11 Å². The number of likely N-dealkylation sites (tertiary alicyclic amines) is 1. The highest BCUT2D eigenvalue weighted by molar-refractivity contribution is 7.92. The van der Waals surface area contributed by atoms with Crippen LogP contribution in [0.4, 0.5) is 5.69 Å². The molecule has 142 valence electrons. The molecule has 26 heavy (non-hydrogen) atoms. The third-order valence-corrected chi connectivity index (χ3v) is 5.86. The van der Waals surface area contributed by atoms with Crippen LogP contribution in [0.2, 0.25) is 0 Å². The van der Waals surface area contributed by atoms with E-state index >= 15 is 0 Å². The molecule has 0 bridgehead atoms. The number of sulfonamides is 1. The molecule has 1 spiro atoms. The largest absolute Gasteiger partial charge is 0.399 e. The number of amides is 1. The van der Waals surface area contributed by atoms with Gasteiger partial charge in [0.1, 0.15) is 7.11 Å². The highest BCUT2D eigenvalue weighted by Crippen LogP contribution is 2.45. The van der Waals surface area contributed by atoms with E-state index in [0.717, 1.165) is 43.9 Å². The van der Waals surface area contributed by atoms with Crippen LogP contribution in [-0.4, -0.2) is 44.8 Å². The van der Waals surface area contributed by atoms with Gasteiger partial charge in [-0.1, -0.05) is 36.2 Å². The van der Waals surface area contributed by atoms with Gasteiger partial charge in [-0.25, -0.2) is 8.42 Å². The van der Waals surface area contributed by atoms with E-state index in [-0.39, 0.29) is 11.3 Å². The zero-order valence-electron chi connectivity index (χ0n) is 15.2. The summed E-state index contributed by atoms with van der Waals surface area (Å²) in [5, 5.41) is 4.09. The van der Waals surface area contributed by atoms with Crippen molar-refractivity contribution in [1.82, 2.24) is 4.90 Å². The molecule has 2 aliphatic rings. The molecular formula is C18H25N3O4S. The van der Waals surface area contributed by atoms with Crippen molar-refractivity contribution >= 4 is 27.3 Å². The SMILES string of the molecule is CON=C1C(=O)N(Cc2ccccc2NS(C)(=O)=O)CCC12CCCC2. The van der Waals surface area contributed by atoms with Crippen molar-refractivity contribution in [3.63, 3.8) is 0 Å². The first-order valence-electron chi connectivity index (χ1n) is 8.81. The van der Waals surface area contributed by atoms with Gasteiger partial charge in [0.05, 0.1) is 11.9 Å². The molecule has 1 aromatic carbocycles. The Hall–Kier alpha value is -2.09. The van der Waals surface area contributed by atoms with E-state index in [0.29, 0.717) is 24.5 Å². The highest BCUT2D eigenvalue weighted by Gasteiger charge is 2.47. The molecule has 1 aliphatic carbocycles. The number of piperidine rings is 1. The number of anilines is 1. The van der Waals surface area contributed by atoms with Gasteiger partial charge in [0.2, 0.25) is 10.0 Å². The molecule has 0 radical (unpaired) electrons. The van der Waals surface area contributed by atoms with Crippen molar-refractivity contribution in [2.24, 2.45) is 10.6 Å². The van der Waals surface area contributed by atoms with Crippen LogP contribution in [0, 0.1) is 5.41 Å². The third kappa shape index (κ3) is 3.85. The molecule has 2 fully saturated rings. The summed E-state index contributed by atoms with van der Waals surface area (Å²) in [5.74, 6) is -0.117. The minimum atomic E-state index is -3.39. The van der Waals surface area contributed by atoms with Crippen molar-refractivity contribution < 1.29 is 18.0 Å². The zero-order chi connectivity index (χ0) is 18.8. The van der Waals surface area contributed by atoms with Crippen LogP contribution in [0.1, 0.15) is 37.7 Å². The van der Waals surface area contributed by atoms with E-state index in [9.17, 15) is 13.2 Å². The van der Waals surface area contributed by atoms with Gasteiger partial charge in [-0.3, -0.25) is 9.52 Å². The van der Waals surface area contributed by atoms with Gasteiger partial charge in [-0.05, 0) is 30.9 Å². The molecule has 0 atom stereocenters. The summed E-state index contributed by atoms with van der Waals surface area (Å²) in [7, 11) is -1.92. The summed E-state index contributed by atoms with van der Waals surface area (Å²) >= 11 is 0. The lowest BCUT2D eigenvalue weighted by Crippen LogP contribution is -2.51. The number of carbonyl (C=O) groups is 1. The number of hydrogen-bond donors (Lipinski definition) is 1. The molecule has 0 aromatic heterocycles. The van der Waals surface area contributed by atoms with Gasteiger partial charge in [0.25, 0.3) is 5.91 Å². The Bertz CT molecular complexity index is 813. The molecule has 1 amide bonds. The molecule has 3 rings (SSSR count). The number of nitrogens with zero attached hydrogens (tertiary/aromatic N) is 2. The van der Waals surface area contributed by atoms with Gasteiger partial charge in [0.15, 0.2) is 5.71 Å². The summed E-state index contributed by atoms with van der Waals surface area (Å²) < 4.78 is 25.7. The Labute approximate surface area is 154 Å². The van der Waals surface area contributed by atoms with Crippen LogP contribution in [-0.2, 0) is 26.2 Å². The number of benzene rings is 1. The van der Waals surface area contributed by atoms with Crippen LogP contribution in [0.3, 0.4) is 0 Å². The molecule has 1 saturated carbocycles. The normalized spacial score (nSPS) is 21.4. The van der Waals surface area contributed by atoms with Crippen molar-refractivity contribution in [2.75, 3.05) is 24.6 Å². The van der Waals surface area contributed by atoms with E-state index in [1.807, 2.05) is 12.1 Å². The summed E-state index contributed by atoms with van der Waals surface area (Å²) in [4.78, 5) is 19.8. The summed E-state index contributed by atoms with van der Waals surface area (Å²) in [6, 6.07) is 7.13. The topological polar surface area (TPSA) is 88.1 Å². The molecule has 8 heteroatoms. The summed E-state index contributed by atoms with van der Waals surface area (Å²) in [5.41, 5.74) is 1.60. The molecule has 1 saturated heterocycles. The average Bonchev–Trinajstić information content (AvgIpc) is 3.04. The minimum Gasteiger partial charge on any atom is -0.399 e. The number of oxime groups is 1. The smallest absolute Gasteiger partial charge is 0.272 e. The van der Waals surface area contributed by atoms with Crippen molar-refractivity contribution in [3.8, 4) is 0 Å². The number of carbonyl (C=O) groups excluding carboxylic acids is 1. The Morgan fingerprint density at radius 2 is 1.92 bits per heavy atom. The molecule has 0 unspecified atom stereocenters. The fraction of sp³-hybridized carbons (Fsp3) is 0.556. The number of nitrogens with one attached hydrogen (secondary N) is 1. The first-order chi connectivity index (χ1) is 12.3. The summed E-state index contributed by atoms with van der Waals surface area (Å²) in [6.45, 7) is 0.963. The third-order valence-electron chi connectivity index (χ3n) is 5.27. The van der Waals surface area contributed by atoms with E-state index in [2.05, 4.69) is 9.88 Å². The maximum absolute atomic E-state index is 13.1. The monoisotopic (exact) mass is 379 g/mol. The molecule has 7 nitrogen and oxygen atoms in total. The standard InChI is InChI=1S/C18H25N3O4S/c1-25-19-16-17(22)21(12-11-18(16)9-5-6-10-18)13-14-7-3-4-8-15(14)20-26(2,23)24/h3-4,7-8,20H,5-6,9-13H2,1-2H3. The maximum Gasteiger partial charge on any atom is 0.272 e. The average molecular weight is 379 g/mol. The lowest BCUT2D eigenvalue weighted by atomic mass is 9.75. The van der Waals surface area contributed by atoms with Crippen LogP contribution in [0.15, 0.2) is 29.4 Å².